The van der Waals surface area contributed by atoms with Gasteiger partial charge in [-0.2, -0.15) is 0 Å². The van der Waals surface area contributed by atoms with Gasteiger partial charge in [0.25, 0.3) is 10.0 Å². The van der Waals surface area contributed by atoms with Crippen molar-refractivity contribution in [3.05, 3.63) is 23.6 Å². The molecule has 0 aliphatic carbocycles. The Kier molecular flexibility index (Phi) is 4.07. The van der Waals surface area contributed by atoms with Crippen LogP contribution in [0.2, 0.25) is 0 Å². The largest absolute Gasteiger partial charge is 0.586 e. The molecule has 1 aliphatic rings. The van der Waals surface area contributed by atoms with Crippen molar-refractivity contribution in [3.63, 3.8) is 0 Å². The normalized spacial score (nSPS) is 15.7. The molecule has 1 aromatic heterocycles. The number of aryl methyl sites for hydroxylation is 2. The summed E-state index contributed by atoms with van der Waals surface area (Å²) in [4.78, 5) is 3.57. The molecule has 134 valence electrons. The van der Waals surface area contributed by atoms with E-state index >= 15 is 0 Å². The second kappa shape index (κ2) is 5.85. The zero-order valence-corrected chi connectivity index (χ0v) is 14.3. The molecule has 0 unspecified atom stereocenters. The Morgan fingerprint density at radius 1 is 1.28 bits per heavy atom. The van der Waals surface area contributed by atoms with Gasteiger partial charge in [0.15, 0.2) is 22.2 Å². The van der Waals surface area contributed by atoms with Crippen molar-refractivity contribution >= 4 is 38.7 Å². The van der Waals surface area contributed by atoms with Crippen LogP contribution in [-0.2, 0) is 10.0 Å². The van der Waals surface area contributed by atoms with Crippen molar-refractivity contribution in [2.75, 3.05) is 4.72 Å². The van der Waals surface area contributed by atoms with E-state index in [0.29, 0.717) is 0 Å². The van der Waals surface area contributed by atoms with Gasteiger partial charge in [-0.05, 0) is 13.8 Å². The maximum absolute atomic E-state index is 13.2. The summed E-state index contributed by atoms with van der Waals surface area (Å²) in [6.07, 6.45) is -3.86. The predicted molar refractivity (Wildman–Crippen MR) is 83.4 cm³/mol. The molecule has 0 bridgehead atoms. The van der Waals surface area contributed by atoms with Crippen LogP contribution in [0.25, 0.3) is 0 Å². The maximum Gasteiger partial charge on any atom is 0.586 e. The first-order valence-corrected chi connectivity index (χ1v) is 8.57. The second-order valence-corrected chi connectivity index (χ2v) is 6.78. The van der Waals surface area contributed by atoms with E-state index in [2.05, 4.69) is 24.3 Å². The number of aliphatic imine (C=N–C) groups is 1. The van der Waals surface area contributed by atoms with Gasteiger partial charge in [-0.15, -0.1) is 8.78 Å². The first-order chi connectivity index (χ1) is 11.6. The van der Waals surface area contributed by atoms with Gasteiger partial charge in [-0.3, -0.25) is 4.72 Å². The molecule has 3 rings (SSSR count). The SMILES string of the molecule is Cc1noc(C)c1S(=O)(=O)Nc1cc2c(cc1N=CCl)OC(F)(F)O2. The summed E-state index contributed by atoms with van der Waals surface area (Å²) in [5.74, 6) is -0.586. The molecule has 2 heterocycles. The first kappa shape index (κ1) is 17.4. The Labute approximate surface area is 145 Å². The van der Waals surface area contributed by atoms with Crippen molar-refractivity contribution in [2.24, 2.45) is 4.99 Å². The van der Waals surface area contributed by atoms with Crippen LogP contribution >= 0.6 is 11.6 Å². The smallest absolute Gasteiger partial charge is 0.395 e. The minimum atomic E-state index is -4.13. The predicted octanol–water partition coefficient (Wildman–Crippen LogP) is 3.31. The fourth-order valence-corrected chi connectivity index (χ4v) is 3.78. The third-order valence-electron chi connectivity index (χ3n) is 3.19. The number of hydrogen-bond acceptors (Lipinski definition) is 7. The number of fused-ring (bicyclic) bond motifs is 1. The van der Waals surface area contributed by atoms with Gasteiger partial charge in [0.1, 0.15) is 5.69 Å². The summed E-state index contributed by atoms with van der Waals surface area (Å²) in [5.41, 5.74) is 0.797. The first-order valence-electron chi connectivity index (χ1n) is 6.65. The van der Waals surface area contributed by atoms with Crippen LogP contribution in [0, 0.1) is 13.8 Å². The van der Waals surface area contributed by atoms with Crippen LogP contribution in [0.3, 0.4) is 0 Å². The van der Waals surface area contributed by atoms with Crippen LogP contribution in [0.5, 0.6) is 11.5 Å². The van der Waals surface area contributed by atoms with E-state index in [9.17, 15) is 17.2 Å². The summed E-state index contributed by atoms with van der Waals surface area (Å²) >= 11 is 5.42. The van der Waals surface area contributed by atoms with Gasteiger partial charge in [0.05, 0.1) is 17.0 Å². The molecule has 0 atom stereocenters. The Bertz CT molecular complexity index is 955. The minimum Gasteiger partial charge on any atom is -0.395 e. The maximum atomic E-state index is 13.2. The van der Waals surface area contributed by atoms with Crippen molar-refractivity contribution in [3.8, 4) is 11.5 Å². The monoisotopic (exact) mass is 393 g/mol. The number of anilines is 1. The fourth-order valence-electron chi connectivity index (χ4n) is 2.28. The topological polar surface area (TPSA) is 103 Å². The highest BCUT2D eigenvalue weighted by molar-refractivity contribution is 7.92. The zero-order valence-electron chi connectivity index (χ0n) is 12.7. The molecule has 1 aliphatic heterocycles. The summed E-state index contributed by atoms with van der Waals surface area (Å²) in [6, 6.07) is 2.09. The number of halogens is 3. The van der Waals surface area contributed by atoms with Crippen molar-refractivity contribution in [2.45, 2.75) is 25.0 Å². The number of alkyl halides is 2. The van der Waals surface area contributed by atoms with Gasteiger partial charge < -0.3 is 14.0 Å². The molecular formula is C13H10ClF2N3O5S. The number of aromatic nitrogens is 1. The molecule has 0 saturated carbocycles. The lowest BCUT2D eigenvalue weighted by Gasteiger charge is -2.10. The molecule has 1 N–H and O–H groups in total. The lowest BCUT2D eigenvalue weighted by molar-refractivity contribution is -0.286. The Balaban J connectivity index is 2.06. The number of hydrogen-bond donors (Lipinski definition) is 1. The fraction of sp³-hybridized carbons (Fsp3) is 0.231. The zero-order chi connectivity index (χ0) is 18.4. The highest BCUT2D eigenvalue weighted by Gasteiger charge is 2.44. The van der Waals surface area contributed by atoms with Crippen molar-refractivity contribution in [1.29, 1.82) is 0 Å². The molecule has 0 fully saturated rings. The number of benzene rings is 1. The molecule has 1 aromatic carbocycles. The van der Waals surface area contributed by atoms with E-state index in [0.717, 1.165) is 17.8 Å². The number of nitrogens with one attached hydrogen (secondary N) is 1. The molecule has 2 aromatic rings. The van der Waals surface area contributed by atoms with Crippen LogP contribution < -0.4 is 14.2 Å². The third kappa shape index (κ3) is 3.24. The number of sulfonamides is 1. The van der Waals surface area contributed by atoms with Crippen LogP contribution in [-0.4, -0.2) is 25.5 Å². The quantitative estimate of drug-likeness (QED) is 0.799. The van der Waals surface area contributed by atoms with Gasteiger partial charge in [-0.25, -0.2) is 13.4 Å². The van der Waals surface area contributed by atoms with E-state index in [-0.39, 0.29) is 39.2 Å². The Morgan fingerprint density at radius 2 is 1.92 bits per heavy atom. The van der Waals surface area contributed by atoms with Gasteiger partial charge in [-0.1, -0.05) is 16.8 Å². The average Bonchev–Trinajstić information content (AvgIpc) is 2.97. The lowest BCUT2D eigenvalue weighted by Crippen LogP contribution is -2.25. The molecular weight excluding hydrogens is 384 g/mol. The van der Waals surface area contributed by atoms with E-state index in [1.165, 1.54) is 13.8 Å². The molecule has 0 amide bonds. The van der Waals surface area contributed by atoms with Crippen molar-refractivity contribution in [1.82, 2.24) is 5.16 Å². The molecule has 0 radical (unpaired) electrons. The summed E-state index contributed by atoms with van der Waals surface area (Å²) in [5, 5.41) is 3.57. The summed E-state index contributed by atoms with van der Waals surface area (Å²) < 4.78 is 67.2. The third-order valence-corrected chi connectivity index (χ3v) is 4.89. The van der Waals surface area contributed by atoms with E-state index in [4.69, 9.17) is 16.1 Å². The number of rotatable bonds is 4. The van der Waals surface area contributed by atoms with Crippen LogP contribution in [0.4, 0.5) is 20.2 Å². The molecule has 0 saturated heterocycles. The van der Waals surface area contributed by atoms with Crippen LogP contribution in [0.15, 0.2) is 26.5 Å². The molecule has 25 heavy (non-hydrogen) atoms. The number of nitrogens with zero attached hydrogens (tertiary/aromatic N) is 2. The van der Waals surface area contributed by atoms with E-state index in [1.807, 2.05) is 0 Å². The van der Waals surface area contributed by atoms with Crippen LogP contribution in [0.1, 0.15) is 11.5 Å². The minimum absolute atomic E-state index is 0.0506. The molecule has 12 heteroatoms. The van der Waals surface area contributed by atoms with Gasteiger partial charge >= 0.3 is 6.29 Å². The average molecular weight is 394 g/mol. The number of ether oxygens (including phenoxy) is 2. The summed E-state index contributed by atoms with van der Waals surface area (Å²) in [6.45, 7) is 2.87. The van der Waals surface area contributed by atoms with Gasteiger partial charge in [0.2, 0.25) is 0 Å². The second-order valence-electron chi connectivity index (χ2n) is 4.97. The highest BCUT2D eigenvalue weighted by Crippen LogP contribution is 2.46. The Morgan fingerprint density at radius 3 is 2.48 bits per heavy atom. The van der Waals surface area contributed by atoms with Gasteiger partial charge in [0, 0.05) is 12.1 Å². The summed E-state index contributed by atoms with van der Waals surface area (Å²) in [7, 11) is -4.13. The molecule has 0 spiro atoms. The highest BCUT2D eigenvalue weighted by atomic mass is 35.5. The lowest BCUT2D eigenvalue weighted by atomic mass is 10.2. The van der Waals surface area contributed by atoms with Crippen molar-refractivity contribution < 1.29 is 31.2 Å². The standard InChI is InChI=1S/C13H10ClF2N3O5S/c1-6-12(7(2)24-18-6)25(20,21)19-9-4-11-10(3-8(9)17-5-14)22-13(15,16)23-11/h3-5,19H,1-2H3. The Hall–Kier alpha value is -2.40. The van der Waals surface area contributed by atoms with E-state index in [1.54, 1.807) is 0 Å². The van der Waals surface area contributed by atoms with E-state index < -0.39 is 16.3 Å². The molecule has 8 nitrogen and oxygen atoms in total.